The van der Waals surface area contributed by atoms with Crippen LogP contribution in [0.25, 0.3) is 0 Å². The number of para-hydroxylation sites is 1. The number of anilines is 1. The first-order valence-corrected chi connectivity index (χ1v) is 11.2. The van der Waals surface area contributed by atoms with Crippen LogP contribution >= 0.6 is 11.6 Å². The number of benzene rings is 3. The van der Waals surface area contributed by atoms with E-state index in [4.69, 9.17) is 21.1 Å². The highest BCUT2D eigenvalue weighted by molar-refractivity contribution is 7.92. The minimum absolute atomic E-state index is 0.121. The highest BCUT2D eigenvalue weighted by atomic mass is 35.5. The first-order valence-electron chi connectivity index (χ1n) is 9.37. The molecular weight excluding hydrogens is 422 g/mol. The number of sulfonamides is 1. The summed E-state index contributed by atoms with van der Waals surface area (Å²) in [6.45, 7) is 3.66. The van der Waals surface area contributed by atoms with E-state index < -0.39 is 16.1 Å². The van der Waals surface area contributed by atoms with Gasteiger partial charge in [0.25, 0.3) is 10.0 Å². The predicted octanol–water partition coefficient (Wildman–Crippen LogP) is 5.62. The Hall–Kier alpha value is -2.70. The third-order valence-corrected chi connectivity index (χ3v) is 7.27. The van der Waals surface area contributed by atoms with Crippen molar-refractivity contribution in [1.82, 2.24) is 0 Å². The van der Waals surface area contributed by atoms with E-state index in [0.717, 1.165) is 11.1 Å². The van der Waals surface area contributed by atoms with Gasteiger partial charge in [-0.3, -0.25) is 4.31 Å². The molecule has 0 fully saturated rings. The van der Waals surface area contributed by atoms with Crippen molar-refractivity contribution in [2.24, 2.45) is 0 Å². The number of ether oxygens (including phenoxy) is 2. The molecule has 0 spiro atoms. The minimum Gasteiger partial charge on any atom is -0.497 e. The lowest BCUT2D eigenvalue weighted by Gasteiger charge is -2.31. The van der Waals surface area contributed by atoms with Gasteiger partial charge >= 0.3 is 0 Å². The lowest BCUT2D eigenvalue weighted by Crippen LogP contribution is -2.34. The van der Waals surface area contributed by atoms with Gasteiger partial charge in [0.15, 0.2) is 0 Å². The Kier molecular flexibility index (Phi) is 6.58. The molecule has 0 unspecified atom stereocenters. The number of aryl methyl sites for hydroxylation is 1. The maximum absolute atomic E-state index is 13.8. The molecule has 0 N–H and O–H groups in total. The summed E-state index contributed by atoms with van der Waals surface area (Å²) in [5.41, 5.74) is 2.06. The van der Waals surface area contributed by atoms with Crippen molar-refractivity contribution < 1.29 is 17.9 Å². The van der Waals surface area contributed by atoms with Crippen molar-refractivity contribution in [3.63, 3.8) is 0 Å². The summed E-state index contributed by atoms with van der Waals surface area (Å²) in [5.74, 6) is 1.25. The summed E-state index contributed by atoms with van der Waals surface area (Å²) in [6, 6.07) is 18.5. The molecule has 0 aromatic heterocycles. The molecule has 0 saturated heterocycles. The molecule has 0 saturated carbocycles. The molecule has 0 amide bonds. The first kappa shape index (κ1) is 22.0. The summed E-state index contributed by atoms with van der Waals surface area (Å²) in [7, 11) is -0.801. The third kappa shape index (κ3) is 4.25. The van der Waals surface area contributed by atoms with Crippen molar-refractivity contribution >= 4 is 27.3 Å². The Morgan fingerprint density at radius 1 is 0.933 bits per heavy atom. The topological polar surface area (TPSA) is 55.8 Å². The Balaban J connectivity index is 2.19. The maximum atomic E-state index is 13.8. The van der Waals surface area contributed by atoms with E-state index in [1.165, 1.54) is 10.4 Å². The number of hydrogen-bond acceptors (Lipinski definition) is 4. The fourth-order valence-electron chi connectivity index (χ4n) is 3.29. The van der Waals surface area contributed by atoms with E-state index in [-0.39, 0.29) is 4.90 Å². The summed E-state index contributed by atoms with van der Waals surface area (Å²) in [6.07, 6.45) is 0. The second kappa shape index (κ2) is 8.98. The Morgan fingerprint density at radius 2 is 1.60 bits per heavy atom. The molecule has 5 nitrogen and oxygen atoms in total. The number of rotatable bonds is 7. The number of hydrogen-bond donors (Lipinski definition) is 0. The molecule has 0 aliphatic heterocycles. The molecule has 0 aliphatic rings. The summed E-state index contributed by atoms with van der Waals surface area (Å²) < 4.78 is 39.6. The molecule has 7 heteroatoms. The third-order valence-electron chi connectivity index (χ3n) is 4.97. The van der Waals surface area contributed by atoms with E-state index in [1.807, 2.05) is 38.1 Å². The Labute approximate surface area is 182 Å². The summed E-state index contributed by atoms with van der Waals surface area (Å²) in [5, 5.41) is 0.399. The smallest absolute Gasteiger partial charge is 0.264 e. The number of nitrogens with zero attached hydrogens (tertiary/aromatic N) is 1. The van der Waals surface area contributed by atoms with Crippen molar-refractivity contribution in [3.8, 4) is 11.5 Å². The van der Waals surface area contributed by atoms with Gasteiger partial charge in [0.05, 0.1) is 30.8 Å². The molecule has 0 bridgehead atoms. The van der Waals surface area contributed by atoms with Crippen LogP contribution in [0.15, 0.2) is 71.6 Å². The predicted molar refractivity (Wildman–Crippen MR) is 120 cm³/mol. The molecule has 3 aromatic carbocycles. The summed E-state index contributed by atoms with van der Waals surface area (Å²) >= 11 is 6.23. The number of halogens is 1. The fraction of sp³-hybridized carbons (Fsp3) is 0.217. The van der Waals surface area contributed by atoms with Crippen LogP contribution in [0.2, 0.25) is 5.02 Å². The summed E-state index contributed by atoms with van der Waals surface area (Å²) in [4.78, 5) is 0.121. The zero-order chi connectivity index (χ0) is 21.9. The lowest BCUT2D eigenvalue weighted by molar-refractivity contribution is 0.407. The van der Waals surface area contributed by atoms with Gasteiger partial charge in [-0.2, -0.15) is 0 Å². The van der Waals surface area contributed by atoms with E-state index in [2.05, 4.69) is 0 Å². The average molecular weight is 446 g/mol. The first-order chi connectivity index (χ1) is 14.3. The molecule has 3 aromatic rings. The van der Waals surface area contributed by atoms with Crippen LogP contribution in [-0.4, -0.2) is 22.6 Å². The zero-order valence-corrected chi connectivity index (χ0v) is 18.9. The molecule has 30 heavy (non-hydrogen) atoms. The van der Waals surface area contributed by atoms with Crippen LogP contribution in [0, 0.1) is 6.92 Å². The lowest BCUT2D eigenvalue weighted by atomic mass is 10.1. The second-order valence-electron chi connectivity index (χ2n) is 6.83. The van der Waals surface area contributed by atoms with Crippen molar-refractivity contribution in [2.75, 3.05) is 18.5 Å². The standard InChI is InChI=1S/C23H24ClNO4S/c1-16-9-14-20(15-22(16)24)30(26,27)25(18-10-12-19(28-3)13-11-18)17(2)21-7-5-6-8-23(21)29-4/h5-15,17H,1-4H3/t17-/m0/s1. The average Bonchev–Trinajstić information content (AvgIpc) is 2.75. The molecule has 1 atom stereocenters. The zero-order valence-electron chi connectivity index (χ0n) is 17.3. The maximum Gasteiger partial charge on any atom is 0.264 e. The van der Waals surface area contributed by atoms with Gasteiger partial charge in [-0.15, -0.1) is 0 Å². The van der Waals surface area contributed by atoms with Gasteiger partial charge in [-0.05, 0) is 61.9 Å². The van der Waals surface area contributed by atoms with Crippen molar-refractivity contribution in [2.45, 2.75) is 24.8 Å². The minimum atomic E-state index is -3.93. The Morgan fingerprint density at radius 3 is 2.20 bits per heavy atom. The molecule has 0 radical (unpaired) electrons. The number of methoxy groups -OCH3 is 2. The van der Waals surface area contributed by atoms with Crippen molar-refractivity contribution in [1.29, 1.82) is 0 Å². The fourth-order valence-corrected chi connectivity index (χ4v) is 5.19. The monoisotopic (exact) mass is 445 g/mol. The van der Waals surface area contributed by atoms with Gasteiger partial charge < -0.3 is 9.47 Å². The molecule has 0 aliphatic carbocycles. The van der Waals surface area contributed by atoms with Crippen LogP contribution in [0.1, 0.15) is 24.1 Å². The van der Waals surface area contributed by atoms with Gasteiger partial charge in [0.1, 0.15) is 11.5 Å². The van der Waals surface area contributed by atoms with Crippen LogP contribution in [-0.2, 0) is 10.0 Å². The van der Waals surface area contributed by atoms with E-state index in [0.29, 0.717) is 22.2 Å². The van der Waals surface area contributed by atoms with Gasteiger partial charge in [0, 0.05) is 10.6 Å². The van der Waals surface area contributed by atoms with Gasteiger partial charge in [0.2, 0.25) is 0 Å². The second-order valence-corrected chi connectivity index (χ2v) is 9.05. The quantitative estimate of drug-likeness (QED) is 0.473. The normalized spacial score (nSPS) is 12.3. The highest BCUT2D eigenvalue weighted by Crippen LogP contribution is 2.37. The molecule has 158 valence electrons. The molecule has 0 heterocycles. The highest BCUT2D eigenvalue weighted by Gasteiger charge is 2.32. The van der Waals surface area contributed by atoms with Gasteiger partial charge in [-0.1, -0.05) is 35.9 Å². The van der Waals surface area contributed by atoms with Gasteiger partial charge in [-0.25, -0.2) is 8.42 Å². The van der Waals surface area contributed by atoms with E-state index in [9.17, 15) is 8.42 Å². The van der Waals surface area contributed by atoms with Crippen LogP contribution in [0.4, 0.5) is 5.69 Å². The Bertz CT molecular complexity index is 1130. The van der Waals surface area contributed by atoms with E-state index >= 15 is 0 Å². The van der Waals surface area contributed by atoms with Crippen LogP contribution < -0.4 is 13.8 Å². The van der Waals surface area contributed by atoms with Crippen LogP contribution in [0.5, 0.6) is 11.5 Å². The van der Waals surface area contributed by atoms with Crippen LogP contribution in [0.3, 0.4) is 0 Å². The molecule has 3 rings (SSSR count). The van der Waals surface area contributed by atoms with E-state index in [1.54, 1.807) is 50.6 Å². The largest absolute Gasteiger partial charge is 0.497 e. The SMILES string of the molecule is COc1ccc(N([C@@H](C)c2ccccc2OC)S(=O)(=O)c2ccc(C)c(Cl)c2)cc1. The molecular formula is C23H24ClNO4S. The van der Waals surface area contributed by atoms with Crippen molar-refractivity contribution in [3.05, 3.63) is 82.9 Å².